The lowest BCUT2D eigenvalue weighted by Gasteiger charge is -2.17. The van der Waals surface area contributed by atoms with Gasteiger partial charge in [-0.25, -0.2) is 9.59 Å². The number of rotatable bonds is 4. The highest BCUT2D eigenvalue weighted by Crippen LogP contribution is 1.95. The Morgan fingerprint density at radius 2 is 2.06 bits per heavy atom. The van der Waals surface area contributed by atoms with Crippen LogP contribution in [0.2, 0.25) is 0 Å². The summed E-state index contributed by atoms with van der Waals surface area (Å²) in [5.74, 6) is -2.46. The van der Waals surface area contributed by atoms with Gasteiger partial charge in [0.2, 0.25) is 0 Å². The second kappa shape index (κ2) is 7.00. The number of carboxylic acids is 1. The summed E-state index contributed by atoms with van der Waals surface area (Å²) in [6, 6.07) is 1.26. The van der Waals surface area contributed by atoms with Crippen LogP contribution in [-0.4, -0.2) is 41.5 Å². The van der Waals surface area contributed by atoms with E-state index in [0.29, 0.717) is 6.08 Å². The molecule has 2 N–H and O–H groups in total. The van der Waals surface area contributed by atoms with Crippen LogP contribution < -0.4 is 5.32 Å². The van der Waals surface area contributed by atoms with Gasteiger partial charge in [0.05, 0.1) is 12.0 Å². The summed E-state index contributed by atoms with van der Waals surface area (Å²) < 4.78 is 0. The van der Waals surface area contributed by atoms with Gasteiger partial charge in [0.15, 0.2) is 0 Å². The average molecular weight is 239 g/mol. The molecule has 17 heavy (non-hydrogen) atoms. The molecule has 0 fully saturated rings. The van der Waals surface area contributed by atoms with E-state index in [1.165, 1.54) is 11.9 Å². The van der Waals surface area contributed by atoms with Crippen molar-refractivity contribution in [3.05, 3.63) is 12.2 Å². The number of nitriles is 1. The first-order chi connectivity index (χ1) is 7.86. The lowest BCUT2D eigenvalue weighted by Crippen LogP contribution is -2.41. The van der Waals surface area contributed by atoms with Crippen LogP contribution >= 0.6 is 0 Å². The molecule has 0 aliphatic heterocycles. The highest BCUT2D eigenvalue weighted by Gasteiger charge is 2.13. The predicted octanol–water partition coefficient (Wildman–Crippen LogP) is -0.0451. The molecule has 7 nitrogen and oxygen atoms in total. The van der Waals surface area contributed by atoms with E-state index in [4.69, 9.17) is 10.4 Å². The number of nitrogens with one attached hydrogen (secondary N) is 1. The molecule has 0 aliphatic rings. The molecule has 0 saturated carbocycles. The first-order valence-electron chi connectivity index (χ1n) is 4.73. The SMILES string of the molecule is CC(C#N)CN(C)C(=O)NC(=O)C=CC(=O)O. The highest BCUT2D eigenvalue weighted by molar-refractivity contribution is 6.02. The van der Waals surface area contributed by atoms with E-state index < -0.39 is 17.9 Å². The van der Waals surface area contributed by atoms with Crippen molar-refractivity contribution in [1.29, 1.82) is 5.26 Å². The zero-order valence-corrected chi connectivity index (χ0v) is 9.51. The van der Waals surface area contributed by atoms with Crippen molar-refractivity contribution in [2.45, 2.75) is 6.92 Å². The van der Waals surface area contributed by atoms with Gasteiger partial charge in [-0.15, -0.1) is 0 Å². The number of hydrogen-bond acceptors (Lipinski definition) is 4. The number of carboxylic acid groups (broad SMARTS) is 1. The highest BCUT2D eigenvalue weighted by atomic mass is 16.4. The van der Waals surface area contributed by atoms with Gasteiger partial charge in [-0.3, -0.25) is 10.1 Å². The van der Waals surface area contributed by atoms with Gasteiger partial charge >= 0.3 is 12.0 Å². The third-order valence-corrected chi connectivity index (χ3v) is 1.72. The lowest BCUT2D eigenvalue weighted by atomic mass is 10.2. The van der Waals surface area contributed by atoms with E-state index in [-0.39, 0.29) is 12.5 Å². The second-order valence-corrected chi connectivity index (χ2v) is 3.38. The number of hydrogen-bond donors (Lipinski definition) is 2. The monoisotopic (exact) mass is 239 g/mol. The Kier molecular flexibility index (Phi) is 6.03. The number of aliphatic carboxylic acids is 1. The van der Waals surface area contributed by atoms with Crippen LogP contribution in [0.5, 0.6) is 0 Å². The Morgan fingerprint density at radius 1 is 1.47 bits per heavy atom. The van der Waals surface area contributed by atoms with Crippen LogP contribution in [-0.2, 0) is 9.59 Å². The molecule has 0 rings (SSSR count). The molecule has 92 valence electrons. The number of imide groups is 1. The quantitative estimate of drug-likeness (QED) is 0.668. The van der Waals surface area contributed by atoms with Crippen LogP contribution in [0.4, 0.5) is 4.79 Å². The predicted molar refractivity (Wildman–Crippen MR) is 57.7 cm³/mol. The minimum Gasteiger partial charge on any atom is -0.478 e. The molecule has 0 radical (unpaired) electrons. The Labute approximate surface area is 98.3 Å². The standard InChI is InChI=1S/C10H13N3O4/c1-7(5-11)6-13(2)10(17)12-8(14)3-4-9(15)16/h3-4,7H,6H2,1-2H3,(H,15,16)(H,12,14,17). The molecule has 0 spiro atoms. The van der Waals surface area contributed by atoms with Crippen molar-refractivity contribution in [1.82, 2.24) is 10.2 Å². The van der Waals surface area contributed by atoms with Crippen molar-refractivity contribution < 1.29 is 19.5 Å². The van der Waals surface area contributed by atoms with Gasteiger partial charge in [-0.05, 0) is 6.92 Å². The zero-order chi connectivity index (χ0) is 13.4. The molecule has 0 heterocycles. The fourth-order valence-corrected chi connectivity index (χ4v) is 0.924. The molecule has 3 amide bonds. The molecule has 0 aliphatic carbocycles. The molecule has 0 saturated heterocycles. The van der Waals surface area contributed by atoms with Crippen molar-refractivity contribution in [3.63, 3.8) is 0 Å². The molecular weight excluding hydrogens is 226 g/mol. The van der Waals surface area contributed by atoms with Crippen LogP contribution in [0.25, 0.3) is 0 Å². The maximum atomic E-state index is 11.4. The van der Waals surface area contributed by atoms with Gasteiger partial charge in [0, 0.05) is 25.7 Å². The molecular formula is C10H13N3O4. The van der Waals surface area contributed by atoms with Crippen molar-refractivity contribution in [2.75, 3.05) is 13.6 Å². The summed E-state index contributed by atoms with van der Waals surface area (Å²) in [5, 5.41) is 18.8. The zero-order valence-electron chi connectivity index (χ0n) is 9.51. The van der Waals surface area contributed by atoms with Crippen LogP contribution in [0, 0.1) is 17.2 Å². The van der Waals surface area contributed by atoms with Crippen LogP contribution in [0.15, 0.2) is 12.2 Å². The molecule has 0 aromatic rings. The normalized spacial score (nSPS) is 11.6. The Morgan fingerprint density at radius 3 is 2.53 bits per heavy atom. The first-order valence-corrected chi connectivity index (χ1v) is 4.73. The third kappa shape index (κ3) is 6.67. The number of carbonyl (C=O) groups is 3. The van der Waals surface area contributed by atoms with Gasteiger partial charge < -0.3 is 10.0 Å². The van der Waals surface area contributed by atoms with Gasteiger partial charge in [-0.2, -0.15) is 5.26 Å². The molecule has 0 aromatic heterocycles. The number of urea groups is 1. The summed E-state index contributed by atoms with van der Waals surface area (Å²) >= 11 is 0. The summed E-state index contributed by atoms with van der Waals surface area (Å²) in [5.41, 5.74) is 0. The van der Waals surface area contributed by atoms with E-state index >= 15 is 0 Å². The molecule has 0 bridgehead atoms. The minimum atomic E-state index is -1.28. The Hall–Kier alpha value is -2.36. The molecule has 7 heteroatoms. The molecule has 1 atom stereocenters. The van der Waals surface area contributed by atoms with E-state index in [0.717, 1.165) is 6.08 Å². The topological polar surface area (TPSA) is 111 Å². The van der Waals surface area contributed by atoms with Crippen LogP contribution in [0.3, 0.4) is 0 Å². The molecule has 1 unspecified atom stereocenters. The Balaban J connectivity index is 4.22. The fraction of sp³-hybridized carbons (Fsp3) is 0.400. The number of carbonyl (C=O) groups excluding carboxylic acids is 2. The van der Waals surface area contributed by atoms with Crippen molar-refractivity contribution >= 4 is 17.9 Å². The smallest absolute Gasteiger partial charge is 0.328 e. The summed E-state index contributed by atoms with van der Waals surface area (Å²) in [6.45, 7) is 1.81. The number of amides is 3. The third-order valence-electron chi connectivity index (χ3n) is 1.72. The largest absolute Gasteiger partial charge is 0.478 e. The maximum absolute atomic E-state index is 11.4. The van der Waals surface area contributed by atoms with E-state index in [2.05, 4.69) is 0 Å². The van der Waals surface area contributed by atoms with E-state index in [9.17, 15) is 14.4 Å². The van der Waals surface area contributed by atoms with Crippen molar-refractivity contribution in [3.8, 4) is 6.07 Å². The summed E-state index contributed by atoms with van der Waals surface area (Å²) in [4.78, 5) is 33.7. The summed E-state index contributed by atoms with van der Waals surface area (Å²) in [7, 11) is 1.43. The van der Waals surface area contributed by atoms with Gasteiger partial charge in [-0.1, -0.05) is 0 Å². The first kappa shape index (κ1) is 14.6. The van der Waals surface area contributed by atoms with E-state index in [1.807, 2.05) is 11.4 Å². The molecule has 0 aromatic carbocycles. The summed E-state index contributed by atoms with van der Waals surface area (Å²) in [6.07, 6.45) is 1.36. The number of nitrogens with zero attached hydrogens (tertiary/aromatic N) is 2. The lowest BCUT2D eigenvalue weighted by molar-refractivity contribution is -0.131. The van der Waals surface area contributed by atoms with E-state index in [1.54, 1.807) is 6.92 Å². The average Bonchev–Trinajstić information content (AvgIpc) is 2.25. The Bertz CT molecular complexity index is 384. The van der Waals surface area contributed by atoms with Gasteiger partial charge in [0.25, 0.3) is 5.91 Å². The second-order valence-electron chi connectivity index (χ2n) is 3.38. The van der Waals surface area contributed by atoms with Crippen LogP contribution in [0.1, 0.15) is 6.92 Å². The fourth-order valence-electron chi connectivity index (χ4n) is 0.924. The van der Waals surface area contributed by atoms with Gasteiger partial charge in [0.1, 0.15) is 0 Å². The maximum Gasteiger partial charge on any atom is 0.328 e. The minimum absolute atomic E-state index is 0.179. The van der Waals surface area contributed by atoms with Crippen molar-refractivity contribution in [2.24, 2.45) is 5.92 Å².